The molecule has 0 unspecified atom stereocenters. The van der Waals surface area contributed by atoms with E-state index in [4.69, 9.17) is 0 Å². The highest BCUT2D eigenvalue weighted by Gasteiger charge is 2.28. The molecule has 144 valence electrons. The fraction of sp³-hybridized carbons (Fsp3) is 0.478. The topological polar surface area (TPSA) is 18.5 Å². The Morgan fingerprint density at radius 1 is 0.815 bits per heavy atom. The van der Waals surface area contributed by atoms with Gasteiger partial charge in [-0.05, 0) is 56.5 Å². The number of hydrogen-bond acceptors (Lipinski definition) is 3. The summed E-state index contributed by atoms with van der Waals surface area (Å²) in [5.74, 6) is -0.147. The van der Waals surface area contributed by atoms with Crippen molar-refractivity contribution >= 4 is 5.69 Å². The summed E-state index contributed by atoms with van der Waals surface area (Å²) in [6, 6.07) is 18.9. The van der Waals surface area contributed by atoms with Crippen molar-refractivity contribution in [1.82, 2.24) is 9.80 Å². The van der Waals surface area contributed by atoms with Crippen molar-refractivity contribution in [3.63, 3.8) is 0 Å². The van der Waals surface area contributed by atoms with Crippen LogP contribution in [0.2, 0.25) is 0 Å². The molecule has 2 aliphatic rings. The molecule has 4 rings (SSSR count). The van der Waals surface area contributed by atoms with Gasteiger partial charge in [0.05, 0.1) is 5.69 Å². The van der Waals surface area contributed by atoms with Crippen molar-refractivity contribution in [2.24, 2.45) is 0 Å². The fourth-order valence-electron chi connectivity index (χ4n) is 4.49. The standard InChI is InChI=1S/C23H30FN3/c24-22-8-4-5-9-23(22)25-20-10-16-27(17-11-20)21-12-14-26(15-13-21)18-19-6-2-1-3-7-19/h1-9,20-21,25H,10-18H2. The molecule has 3 nitrogen and oxygen atoms in total. The number of benzene rings is 2. The first kappa shape index (κ1) is 18.5. The van der Waals surface area contributed by atoms with Crippen LogP contribution in [0.3, 0.4) is 0 Å². The molecule has 2 aliphatic heterocycles. The second-order valence-electron chi connectivity index (χ2n) is 7.93. The average molecular weight is 368 g/mol. The van der Waals surface area contributed by atoms with Gasteiger partial charge in [0.2, 0.25) is 0 Å². The molecule has 2 aromatic carbocycles. The Kier molecular flexibility index (Phi) is 6.05. The van der Waals surface area contributed by atoms with Crippen LogP contribution in [0.5, 0.6) is 0 Å². The molecule has 2 fully saturated rings. The number of anilines is 1. The molecule has 2 aromatic rings. The second kappa shape index (κ2) is 8.85. The van der Waals surface area contributed by atoms with Gasteiger partial charge in [0.1, 0.15) is 5.82 Å². The minimum atomic E-state index is -0.147. The van der Waals surface area contributed by atoms with Gasteiger partial charge in [-0.15, -0.1) is 0 Å². The third kappa shape index (κ3) is 4.88. The quantitative estimate of drug-likeness (QED) is 0.847. The normalized spacial score (nSPS) is 20.6. The van der Waals surface area contributed by atoms with Crippen molar-refractivity contribution in [3.8, 4) is 0 Å². The van der Waals surface area contributed by atoms with Crippen LogP contribution in [0.1, 0.15) is 31.2 Å². The van der Waals surface area contributed by atoms with Crippen LogP contribution in [0.4, 0.5) is 10.1 Å². The van der Waals surface area contributed by atoms with Gasteiger partial charge >= 0.3 is 0 Å². The number of halogens is 1. The van der Waals surface area contributed by atoms with E-state index in [1.165, 1.54) is 37.6 Å². The summed E-state index contributed by atoms with van der Waals surface area (Å²) in [4.78, 5) is 5.25. The molecule has 0 spiro atoms. The zero-order valence-electron chi connectivity index (χ0n) is 16.0. The highest BCUT2D eigenvalue weighted by molar-refractivity contribution is 5.45. The highest BCUT2D eigenvalue weighted by atomic mass is 19.1. The van der Waals surface area contributed by atoms with Crippen LogP contribution in [0.25, 0.3) is 0 Å². The SMILES string of the molecule is Fc1ccccc1NC1CCN(C2CCN(Cc3ccccc3)CC2)CC1. The Labute approximate surface area is 162 Å². The Morgan fingerprint density at radius 2 is 1.48 bits per heavy atom. The lowest BCUT2D eigenvalue weighted by atomic mass is 9.97. The largest absolute Gasteiger partial charge is 0.380 e. The number of para-hydroxylation sites is 1. The molecule has 4 heteroatoms. The summed E-state index contributed by atoms with van der Waals surface area (Å²) in [7, 11) is 0. The summed E-state index contributed by atoms with van der Waals surface area (Å²) in [6.45, 7) is 5.69. The van der Waals surface area contributed by atoms with Crippen LogP contribution in [-0.2, 0) is 6.54 Å². The second-order valence-corrected chi connectivity index (χ2v) is 7.93. The van der Waals surface area contributed by atoms with E-state index in [1.807, 2.05) is 12.1 Å². The molecule has 0 atom stereocenters. The Balaban J connectivity index is 1.21. The number of nitrogens with zero attached hydrogens (tertiary/aromatic N) is 2. The summed E-state index contributed by atoms with van der Waals surface area (Å²) < 4.78 is 13.8. The fourth-order valence-corrected chi connectivity index (χ4v) is 4.49. The number of hydrogen-bond donors (Lipinski definition) is 1. The van der Waals surface area contributed by atoms with Gasteiger partial charge in [-0.2, -0.15) is 0 Å². The maximum Gasteiger partial charge on any atom is 0.146 e. The van der Waals surface area contributed by atoms with Crippen molar-refractivity contribution < 1.29 is 4.39 Å². The van der Waals surface area contributed by atoms with Gasteiger partial charge in [-0.1, -0.05) is 42.5 Å². The lowest BCUT2D eigenvalue weighted by Crippen LogP contribution is -2.49. The molecule has 0 aromatic heterocycles. The first-order valence-electron chi connectivity index (χ1n) is 10.3. The van der Waals surface area contributed by atoms with E-state index in [0.717, 1.165) is 32.5 Å². The van der Waals surface area contributed by atoms with Crippen LogP contribution >= 0.6 is 0 Å². The van der Waals surface area contributed by atoms with E-state index >= 15 is 0 Å². The van der Waals surface area contributed by atoms with Crippen molar-refractivity contribution in [3.05, 3.63) is 66.0 Å². The van der Waals surface area contributed by atoms with Gasteiger partial charge in [0, 0.05) is 31.7 Å². The van der Waals surface area contributed by atoms with Gasteiger partial charge in [0.25, 0.3) is 0 Å². The first-order chi connectivity index (χ1) is 13.3. The first-order valence-corrected chi connectivity index (χ1v) is 10.3. The van der Waals surface area contributed by atoms with Gasteiger partial charge < -0.3 is 10.2 Å². The molecule has 27 heavy (non-hydrogen) atoms. The van der Waals surface area contributed by atoms with E-state index in [0.29, 0.717) is 17.8 Å². The lowest BCUT2D eigenvalue weighted by molar-refractivity contribution is 0.0868. The number of likely N-dealkylation sites (tertiary alicyclic amines) is 2. The molecule has 0 aliphatic carbocycles. The molecule has 0 saturated carbocycles. The van der Waals surface area contributed by atoms with Crippen LogP contribution in [0, 0.1) is 5.82 Å². The van der Waals surface area contributed by atoms with Gasteiger partial charge in [-0.3, -0.25) is 4.90 Å². The van der Waals surface area contributed by atoms with E-state index in [-0.39, 0.29) is 5.82 Å². The number of nitrogens with one attached hydrogen (secondary N) is 1. The van der Waals surface area contributed by atoms with Crippen LogP contribution in [-0.4, -0.2) is 48.1 Å². The zero-order valence-corrected chi connectivity index (χ0v) is 16.0. The van der Waals surface area contributed by atoms with Crippen molar-refractivity contribution in [2.45, 2.75) is 44.3 Å². The van der Waals surface area contributed by atoms with Crippen LogP contribution in [0.15, 0.2) is 54.6 Å². The third-order valence-electron chi connectivity index (χ3n) is 6.09. The minimum absolute atomic E-state index is 0.147. The molecule has 2 heterocycles. The molecular formula is C23H30FN3. The molecule has 2 saturated heterocycles. The maximum atomic E-state index is 13.8. The van der Waals surface area contributed by atoms with E-state index < -0.39 is 0 Å². The molecule has 0 radical (unpaired) electrons. The summed E-state index contributed by atoms with van der Waals surface area (Å²) in [5.41, 5.74) is 2.06. The van der Waals surface area contributed by atoms with Crippen molar-refractivity contribution in [2.75, 3.05) is 31.5 Å². The maximum absolute atomic E-state index is 13.8. The summed E-state index contributed by atoms with van der Waals surface area (Å²) in [6.07, 6.45) is 4.72. The highest BCUT2D eigenvalue weighted by Crippen LogP contribution is 2.24. The van der Waals surface area contributed by atoms with E-state index in [1.54, 1.807) is 6.07 Å². The van der Waals surface area contributed by atoms with Crippen LogP contribution < -0.4 is 5.32 Å². The number of piperidine rings is 2. The van der Waals surface area contributed by atoms with Gasteiger partial charge in [-0.25, -0.2) is 4.39 Å². The number of rotatable bonds is 5. The smallest absolute Gasteiger partial charge is 0.146 e. The predicted octanol–water partition coefficient (Wildman–Crippen LogP) is 4.37. The summed E-state index contributed by atoms with van der Waals surface area (Å²) in [5, 5.41) is 3.40. The minimum Gasteiger partial charge on any atom is -0.380 e. The monoisotopic (exact) mass is 367 g/mol. The predicted molar refractivity (Wildman–Crippen MR) is 109 cm³/mol. The lowest BCUT2D eigenvalue weighted by Gasteiger charge is -2.42. The molecule has 1 N–H and O–H groups in total. The molecular weight excluding hydrogens is 337 g/mol. The molecule has 0 amide bonds. The molecule has 0 bridgehead atoms. The Bertz CT molecular complexity index is 705. The summed E-state index contributed by atoms with van der Waals surface area (Å²) >= 11 is 0. The third-order valence-corrected chi connectivity index (χ3v) is 6.09. The van der Waals surface area contributed by atoms with E-state index in [2.05, 4.69) is 45.4 Å². The van der Waals surface area contributed by atoms with Gasteiger partial charge in [0.15, 0.2) is 0 Å². The average Bonchev–Trinajstić information content (AvgIpc) is 2.72. The van der Waals surface area contributed by atoms with E-state index in [9.17, 15) is 4.39 Å². The Morgan fingerprint density at radius 3 is 2.19 bits per heavy atom. The zero-order chi connectivity index (χ0) is 18.5. The van der Waals surface area contributed by atoms with Crippen molar-refractivity contribution in [1.29, 1.82) is 0 Å². The Hall–Kier alpha value is -1.91.